The van der Waals surface area contributed by atoms with Crippen molar-refractivity contribution in [1.29, 1.82) is 0 Å². The third-order valence-corrected chi connectivity index (χ3v) is 5.24. The van der Waals surface area contributed by atoms with Crippen LogP contribution in [0.1, 0.15) is 18.6 Å². The smallest absolute Gasteiger partial charge is 0.303 e. The van der Waals surface area contributed by atoms with E-state index in [-0.39, 0.29) is 0 Å². The standard InChI is InChI=1S/C21H18O3S/c1-15(25(23)20-10-4-3-5-11-20)21(24-16(2)22)19-13-12-17-8-6-7-9-18(17)14-19/h3-14,21H,1H2,2H3. The zero-order valence-electron chi connectivity index (χ0n) is 13.8. The van der Waals surface area contributed by atoms with E-state index in [1.54, 1.807) is 12.1 Å². The molecule has 0 spiro atoms. The Hall–Kier alpha value is -2.72. The highest BCUT2D eigenvalue weighted by Crippen LogP contribution is 2.32. The van der Waals surface area contributed by atoms with E-state index in [0.717, 1.165) is 16.3 Å². The van der Waals surface area contributed by atoms with Gasteiger partial charge in [0.2, 0.25) is 0 Å². The van der Waals surface area contributed by atoms with Gasteiger partial charge in [-0.15, -0.1) is 0 Å². The van der Waals surface area contributed by atoms with Crippen LogP contribution >= 0.6 is 0 Å². The molecule has 2 atom stereocenters. The first-order valence-corrected chi connectivity index (χ1v) is 9.03. The van der Waals surface area contributed by atoms with Crippen molar-refractivity contribution < 1.29 is 13.7 Å². The molecule has 0 aliphatic heterocycles. The number of hydrogen-bond acceptors (Lipinski definition) is 3. The Morgan fingerprint density at radius 1 is 0.960 bits per heavy atom. The summed E-state index contributed by atoms with van der Waals surface area (Å²) in [5, 5.41) is 2.11. The molecule has 0 fully saturated rings. The quantitative estimate of drug-likeness (QED) is 0.623. The Labute approximate surface area is 149 Å². The number of esters is 1. The van der Waals surface area contributed by atoms with E-state index in [0.29, 0.717) is 9.80 Å². The van der Waals surface area contributed by atoms with E-state index in [9.17, 15) is 9.00 Å². The largest absolute Gasteiger partial charge is 0.452 e. The second-order valence-electron chi connectivity index (χ2n) is 5.64. The lowest BCUT2D eigenvalue weighted by molar-refractivity contribution is -0.144. The van der Waals surface area contributed by atoms with Gasteiger partial charge in [-0.05, 0) is 34.5 Å². The highest BCUT2D eigenvalue weighted by Gasteiger charge is 2.24. The van der Waals surface area contributed by atoms with Crippen LogP contribution in [0.25, 0.3) is 10.8 Å². The number of ether oxygens (including phenoxy) is 1. The maximum Gasteiger partial charge on any atom is 0.303 e. The van der Waals surface area contributed by atoms with Gasteiger partial charge in [-0.25, -0.2) is 4.21 Å². The Bertz CT molecular complexity index is 948. The maximum absolute atomic E-state index is 12.8. The number of carbonyl (C=O) groups excluding carboxylic acids is 1. The summed E-state index contributed by atoms with van der Waals surface area (Å²) in [7, 11) is -1.48. The molecule has 0 aliphatic rings. The molecule has 3 rings (SSSR count). The van der Waals surface area contributed by atoms with Crippen molar-refractivity contribution in [2.45, 2.75) is 17.9 Å². The minimum absolute atomic E-state index is 0.344. The van der Waals surface area contributed by atoms with E-state index in [4.69, 9.17) is 4.74 Å². The molecule has 4 heteroatoms. The highest BCUT2D eigenvalue weighted by atomic mass is 32.2. The molecule has 0 aliphatic carbocycles. The summed E-state index contributed by atoms with van der Waals surface area (Å²) in [5.74, 6) is -0.440. The van der Waals surface area contributed by atoms with Crippen LogP contribution in [0, 0.1) is 0 Å². The summed E-state index contributed by atoms with van der Waals surface area (Å²) in [4.78, 5) is 12.6. The predicted octanol–water partition coefficient (Wildman–Crippen LogP) is 4.77. The van der Waals surface area contributed by atoms with Crippen LogP contribution in [0.15, 0.2) is 89.2 Å². The van der Waals surface area contributed by atoms with E-state index < -0.39 is 22.9 Å². The van der Waals surface area contributed by atoms with Crippen LogP contribution in [0.3, 0.4) is 0 Å². The summed E-state index contributed by atoms with van der Waals surface area (Å²) in [6.07, 6.45) is -0.761. The fourth-order valence-corrected chi connectivity index (χ4v) is 3.73. The molecule has 0 heterocycles. The Morgan fingerprint density at radius 3 is 2.28 bits per heavy atom. The molecule has 126 valence electrons. The Kier molecular flexibility index (Phi) is 5.10. The summed E-state index contributed by atoms with van der Waals surface area (Å²) >= 11 is 0. The average molecular weight is 350 g/mol. The molecule has 3 nitrogen and oxygen atoms in total. The van der Waals surface area contributed by atoms with Crippen LogP contribution in [-0.2, 0) is 20.3 Å². The molecule has 0 bridgehead atoms. The van der Waals surface area contributed by atoms with Crippen LogP contribution < -0.4 is 0 Å². The molecule has 3 aromatic rings. The second-order valence-corrected chi connectivity index (χ2v) is 7.18. The molecule has 0 saturated heterocycles. The van der Waals surface area contributed by atoms with Crippen LogP contribution in [0.5, 0.6) is 0 Å². The van der Waals surface area contributed by atoms with Gasteiger partial charge >= 0.3 is 5.97 Å². The van der Waals surface area contributed by atoms with Crippen molar-refractivity contribution in [2.24, 2.45) is 0 Å². The minimum Gasteiger partial charge on any atom is -0.452 e. The van der Waals surface area contributed by atoms with Gasteiger partial charge < -0.3 is 4.74 Å². The number of fused-ring (bicyclic) bond motifs is 1. The summed E-state index contributed by atoms with van der Waals surface area (Å²) in [6.45, 7) is 5.30. The zero-order valence-corrected chi connectivity index (χ0v) is 14.7. The number of hydrogen-bond donors (Lipinski definition) is 0. The van der Waals surface area contributed by atoms with Crippen molar-refractivity contribution in [3.63, 3.8) is 0 Å². The monoisotopic (exact) mass is 350 g/mol. The number of carbonyl (C=O) groups is 1. The summed E-state index contributed by atoms with van der Waals surface area (Å²) < 4.78 is 18.3. The molecule has 2 unspecified atom stereocenters. The first-order valence-electron chi connectivity index (χ1n) is 7.88. The normalized spacial score (nSPS) is 13.2. The molecule has 3 aromatic carbocycles. The van der Waals surface area contributed by atoms with E-state index in [2.05, 4.69) is 6.58 Å². The van der Waals surface area contributed by atoms with Gasteiger partial charge in [-0.2, -0.15) is 0 Å². The molecular formula is C21H18O3S. The topological polar surface area (TPSA) is 43.4 Å². The van der Waals surface area contributed by atoms with Gasteiger partial charge in [0, 0.05) is 11.8 Å². The third-order valence-electron chi connectivity index (χ3n) is 3.85. The van der Waals surface area contributed by atoms with Crippen molar-refractivity contribution in [3.8, 4) is 0 Å². The first kappa shape index (κ1) is 17.1. The fourth-order valence-electron chi connectivity index (χ4n) is 2.65. The lowest BCUT2D eigenvalue weighted by atomic mass is 10.0. The highest BCUT2D eigenvalue weighted by molar-refractivity contribution is 7.89. The van der Waals surface area contributed by atoms with Gasteiger partial charge in [-0.1, -0.05) is 61.2 Å². The van der Waals surface area contributed by atoms with Crippen LogP contribution in [0.4, 0.5) is 0 Å². The van der Waals surface area contributed by atoms with Gasteiger partial charge in [0.15, 0.2) is 6.10 Å². The molecule has 0 amide bonds. The van der Waals surface area contributed by atoms with Crippen molar-refractivity contribution in [3.05, 3.63) is 89.8 Å². The summed E-state index contributed by atoms with van der Waals surface area (Å²) in [6, 6.07) is 22.7. The van der Waals surface area contributed by atoms with Gasteiger partial charge in [-0.3, -0.25) is 4.79 Å². The third kappa shape index (κ3) is 3.86. The van der Waals surface area contributed by atoms with Gasteiger partial charge in [0.05, 0.1) is 15.7 Å². The first-order chi connectivity index (χ1) is 12.1. The zero-order chi connectivity index (χ0) is 17.8. The predicted molar refractivity (Wildman–Crippen MR) is 100 cm³/mol. The molecule has 0 N–H and O–H groups in total. The molecule has 0 radical (unpaired) electrons. The van der Waals surface area contributed by atoms with Gasteiger partial charge in [0.1, 0.15) is 0 Å². The Morgan fingerprint density at radius 2 is 1.60 bits per heavy atom. The SMILES string of the molecule is C=C(C(OC(C)=O)c1ccc2ccccc2c1)S(=O)c1ccccc1. The van der Waals surface area contributed by atoms with Crippen LogP contribution in [0.2, 0.25) is 0 Å². The van der Waals surface area contributed by atoms with Crippen molar-refractivity contribution in [2.75, 3.05) is 0 Å². The molecule has 0 aromatic heterocycles. The average Bonchev–Trinajstić information content (AvgIpc) is 2.65. The molecule has 25 heavy (non-hydrogen) atoms. The lowest BCUT2D eigenvalue weighted by Gasteiger charge is -2.20. The lowest BCUT2D eigenvalue weighted by Crippen LogP contribution is -2.14. The van der Waals surface area contributed by atoms with E-state index in [1.165, 1.54) is 6.92 Å². The van der Waals surface area contributed by atoms with Crippen LogP contribution in [-0.4, -0.2) is 10.2 Å². The number of benzene rings is 3. The molecule has 0 saturated carbocycles. The Balaban J connectivity index is 1.99. The maximum atomic E-state index is 12.8. The van der Waals surface area contributed by atoms with Crippen molar-refractivity contribution >= 4 is 27.5 Å². The van der Waals surface area contributed by atoms with Gasteiger partial charge in [0.25, 0.3) is 0 Å². The van der Waals surface area contributed by atoms with E-state index in [1.807, 2.05) is 60.7 Å². The fraction of sp³-hybridized carbons (Fsp3) is 0.0952. The summed E-state index contributed by atoms with van der Waals surface area (Å²) in [5.41, 5.74) is 0.753. The second kappa shape index (κ2) is 7.45. The van der Waals surface area contributed by atoms with Crippen molar-refractivity contribution in [1.82, 2.24) is 0 Å². The minimum atomic E-state index is -1.48. The van der Waals surface area contributed by atoms with E-state index >= 15 is 0 Å². The molecular weight excluding hydrogens is 332 g/mol. The number of rotatable bonds is 5.